The van der Waals surface area contributed by atoms with E-state index >= 15 is 0 Å². The van der Waals surface area contributed by atoms with Crippen molar-refractivity contribution in [3.05, 3.63) is 47.1 Å². The number of likely N-dealkylation sites (N-methyl/N-ethyl adjacent to an activating group) is 1. The van der Waals surface area contributed by atoms with Crippen molar-refractivity contribution in [2.75, 3.05) is 33.7 Å². The molecule has 0 saturated carbocycles. The number of hydrogen-bond acceptors (Lipinski definition) is 6. The predicted molar refractivity (Wildman–Crippen MR) is 89.5 cm³/mol. The average Bonchev–Trinajstić information content (AvgIpc) is 3.03. The number of rotatable bonds is 4. The molecule has 1 aromatic heterocycles. The molecule has 0 radical (unpaired) electrons. The van der Waals surface area contributed by atoms with Gasteiger partial charge < -0.3 is 9.84 Å². The Morgan fingerprint density at radius 3 is 2.71 bits per heavy atom. The van der Waals surface area contributed by atoms with Gasteiger partial charge in [0.25, 0.3) is 5.91 Å². The van der Waals surface area contributed by atoms with Gasteiger partial charge in [-0.15, -0.1) is 0 Å². The van der Waals surface area contributed by atoms with Crippen LogP contribution in [-0.2, 0) is 6.54 Å². The molecule has 0 aliphatic carbocycles. The van der Waals surface area contributed by atoms with Crippen molar-refractivity contribution in [3.63, 3.8) is 0 Å². The zero-order chi connectivity index (χ0) is 17.1. The van der Waals surface area contributed by atoms with Gasteiger partial charge in [0.1, 0.15) is 6.04 Å². The Hall–Kier alpha value is -2.25. The highest BCUT2D eigenvalue weighted by Gasteiger charge is 2.29. The number of benzene rings is 1. The van der Waals surface area contributed by atoms with Crippen molar-refractivity contribution in [3.8, 4) is 0 Å². The summed E-state index contributed by atoms with van der Waals surface area (Å²) in [5, 5.41) is 6.54. The van der Waals surface area contributed by atoms with Crippen molar-refractivity contribution in [1.82, 2.24) is 25.3 Å². The van der Waals surface area contributed by atoms with Crippen LogP contribution >= 0.6 is 0 Å². The Bertz CT molecular complexity index is 697. The minimum absolute atomic E-state index is 0.0621. The first-order valence-corrected chi connectivity index (χ1v) is 8.10. The van der Waals surface area contributed by atoms with E-state index in [1.165, 1.54) is 5.56 Å². The number of carbonyl (C=O) groups excluding carboxylic acids is 1. The van der Waals surface area contributed by atoms with Gasteiger partial charge in [-0.3, -0.25) is 14.6 Å². The van der Waals surface area contributed by atoms with Gasteiger partial charge in [0.2, 0.25) is 5.89 Å². The number of piperazine rings is 1. The molecule has 7 nitrogen and oxygen atoms in total. The highest BCUT2D eigenvalue weighted by molar-refractivity contribution is 5.93. The lowest BCUT2D eigenvalue weighted by atomic mass is 10.1. The summed E-state index contributed by atoms with van der Waals surface area (Å²) in [6.45, 7) is 5.45. The SMILES string of the molecule is CNC(=O)c1ccc(CN2CCN(C)C(c3nc(C)no3)C2)cc1. The van der Waals surface area contributed by atoms with Gasteiger partial charge in [-0.05, 0) is 31.7 Å². The van der Waals surface area contributed by atoms with Crippen molar-refractivity contribution in [2.24, 2.45) is 0 Å². The molecule has 3 rings (SSSR count). The highest BCUT2D eigenvalue weighted by Crippen LogP contribution is 2.23. The maximum atomic E-state index is 11.6. The molecule has 2 aromatic rings. The Morgan fingerprint density at radius 2 is 2.08 bits per heavy atom. The first-order valence-electron chi connectivity index (χ1n) is 8.10. The molecular formula is C17H23N5O2. The summed E-state index contributed by atoms with van der Waals surface area (Å²) in [6.07, 6.45) is 0. The van der Waals surface area contributed by atoms with E-state index in [0.29, 0.717) is 17.3 Å². The molecule has 1 amide bonds. The fourth-order valence-corrected chi connectivity index (χ4v) is 2.95. The maximum absolute atomic E-state index is 11.6. The van der Waals surface area contributed by atoms with Crippen molar-refractivity contribution >= 4 is 5.91 Å². The summed E-state index contributed by atoms with van der Waals surface area (Å²) in [5.41, 5.74) is 1.87. The largest absolute Gasteiger partial charge is 0.355 e. The Morgan fingerprint density at radius 1 is 1.33 bits per heavy atom. The number of carbonyl (C=O) groups is 1. The molecule has 1 aliphatic heterocycles. The number of nitrogens with zero attached hydrogens (tertiary/aromatic N) is 4. The van der Waals surface area contributed by atoms with Gasteiger partial charge >= 0.3 is 0 Å². The molecular weight excluding hydrogens is 306 g/mol. The second-order valence-corrected chi connectivity index (χ2v) is 6.19. The molecule has 0 spiro atoms. The second-order valence-electron chi connectivity index (χ2n) is 6.19. The summed E-state index contributed by atoms with van der Waals surface area (Å²) in [6, 6.07) is 7.86. The fourth-order valence-electron chi connectivity index (χ4n) is 2.95. The molecule has 1 N–H and O–H groups in total. The van der Waals surface area contributed by atoms with Gasteiger partial charge in [0.15, 0.2) is 5.82 Å². The van der Waals surface area contributed by atoms with E-state index in [0.717, 1.165) is 26.2 Å². The van der Waals surface area contributed by atoms with E-state index in [9.17, 15) is 4.79 Å². The van der Waals surface area contributed by atoms with E-state index < -0.39 is 0 Å². The van der Waals surface area contributed by atoms with Crippen LogP contribution in [0.25, 0.3) is 0 Å². The molecule has 1 unspecified atom stereocenters. The van der Waals surface area contributed by atoms with E-state index in [-0.39, 0.29) is 11.9 Å². The molecule has 7 heteroatoms. The van der Waals surface area contributed by atoms with Crippen LogP contribution in [-0.4, -0.2) is 59.6 Å². The summed E-state index contributed by atoms with van der Waals surface area (Å²) in [4.78, 5) is 20.6. The van der Waals surface area contributed by atoms with Crippen LogP contribution in [0.1, 0.15) is 33.7 Å². The molecule has 1 aromatic carbocycles. The second kappa shape index (κ2) is 7.11. The molecule has 24 heavy (non-hydrogen) atoms. The van der Waals surface area contributed by atoms with Crippen LogP contribution in [0.3, 0.4) is 0 Å². The van der Waals surface area contributed by atoms with Crippen LogP contribution in [0.2, 0.25) is 0 Å². The molecule has 2 heterocycles. The standard InChI is InChI=1S/C17H23N5O2/c1-12-19-17(24-20-12)15-11-22(9-8-21(15)3)10-13-4-6-14(7-5-13)16(23)18-2/h4-7,15H,8-11H2,1-3H3,(H,18,23). The van der Waals surface area contributed by atoms with Gasteiger partial charge in [0, 0.05) is 38.8 Å². The Kier molecular flexibility index (Phi) is 4.92. The third kappa shape index (κ3) is 3.63. The minimum Gasteiger partial charge on any atom is -0.355 e. The van der Waals surface area contributed by atoms with Crippen molar-refractivity contribution in [2.45, 2.75) is 19.5 Å². The number of nitrogens with one attached hydrogen (secondary N) is 1. The van der Waals surface area contributed by atoms with Crippen LogP contribution < -0.4 is 5.32 Å². The van der Waals surface area contributed by atoms with Gasteiger partial charge in [-0.25, -0.2) is 0 Å². The van der Waals surface area contributed by atoms with Crippen molar-refractivity contribution < 1.29 is 9.32 Å². The third-order valence-corrected chi connectivity index (χ3v) is 4.41. The molecule has 1 atom stereocenters. The predicted octanol–water partition coefficient (Wildman–Crippen LogP) is 1.23. The van der Waals surface area contributed by atoms with E-state index in [2.05, 4.69) is 32.3 Å². The summed E-state index contributed by atoms with van der Waals surface area (Å²) >= 11 is 0. The van der Waals surface area contributed by atoms with E-state index in [4.69, 9.17) is 4.52 Å². The van der Waals surface area contributed by atoms with Gasteiger partial charge in [0.05, 0.1) is 0 Å². The highest BCUT2D eigenvalue weighted by atomic mass is 16.5. The molecule has 1 saturated heterocycles. The molecule has 1 aliphatic rings. The zero-order valence-electron chi connectivity index (χ0n) is 14.3. The third-order valence-electron chi connectivity index (χ3n) is 4.41. The molecule has 128 valence electrons. The first-order chi connectivity index (χ1) is 11.6. The number of amides is 1. The van der Waals surface area contributed by atoms with Crippen LogP contribution in [0.5, 0.6) is 0 Å². The average molecular weight is 329 g/mol. The monoisotopic (exact) mass is 329 g/mol. The van der Waals surface area contributed by atoms with Gasteiger partial charge in [-0.1, -0.05) is 17.3 Å². The Balaban J connectivity index is 1.66. The number of aromatic nitrogens is 2. The minimum atomic E-state index is -0.0621. The lowest BCUT2D eigenvalue weighted by Crippen LogP contribution is -2.46. The van der Waals surface area contributed by atoms with E-state index in [1.54, 1.807) is 7.05 Å². The lowest BCUT2D eigenvalue weighted by Gasteiger charge is -2.37. The van der Waals surface area contributed by atoms with Crippen LogP contribution in [0.15, 0.2) is 28.8 Å². The number of hydrogen-bond donors (Lipinski definition) is 1. The first kappa shape index (κ1) is 16.6. The van der Waals surface area contributed by atoms with Crippen LogP contribution in [0, 0.1) is 6.92 Å². The quantitative estimate of drug-likeness (QED) is 0.909. The van der Waals surface area contributed by atoms with Crippen LogP contribution in [0.4, 0.5) is 0 Å². The Labute approximate surface area is 141 Å². The fraction of sp³-hybridized carbons (Fsp3) is 0.471. The van der Waals surface area contributed by atoms with Gasteiger partial charge in [-0.2, -0.15) is 4.98 Å². The van der Waals surface area contributed by atoms with Crippen molar-refractivity contribution in [1.29, 1.82) is 0 Å². The van der Waals surface area contributed by atoms with E-state index in [1.807, 2.05) is 31.2 Å². The summed E-state index contributed by atoms with van der Waals surface area (Å²) < 4.78 is 5.35. The smallest absolute Gasteiger partial charge is 0.251 e. The maximum Gasteiger partial charge on any atom is 0.251 e. The zero-order valence-corrected chi connectivity index (χ0v) is 14.3. The summed E-state index contributed by atoms with van der Waals surface area (Å²) in [7, 11) is 3.72. The summed E-state index contributed by atoms with van der Waals surface area (Å²) in [5.74, 6) is 1.28. The number of aryl methyl sites for hydroxylation is 1. The lowest BCUT2D eigenvalue weighted by molar-refractivity contribution is 0.0714. The molecule has 0 bridgehead atoms. The topological polar surface area (TPSA) is 74.5 Å². The molecule has 1 fully saturated rings. The normalized spacial score (nSPS) is 19.4.